The summed E-state index contributed by atoms with van der Waals surface area (Å²) in [7, 11) is 26.7. The molecule has 208 valence electrons. The minimum Gasteiger partial charge on any atom is -0.358 e. The third-order valence-corrected chi connectivity index (χ3v) is 8.48. The van der Waals surface area contributed by atoms with Gasteiger partial charge in [0.1, 0.15) is 11.5 Å². The Morgan fingerprint density at radius 3 is 2.53 bits per heavy atom. The molecule has 0 aliphatic carbocycles. The van der Waals surface area contributed by atoms with Gasteiger partial charge < -0.3 is 14.4 Å². The number of amides is 4. The highest BCUT2D eigenvalue weighted by Gasteiger charge is 2.47. The molecule has 3 aromatic heterocycles. The van der Waals surface area contributed by atoms with Crippen molar-refractivity contribution in [1.29, 1.82) is 0 Å². The fourth-order valence-corrected chi connectivity index (χ4v) is 6.17. The van der Waals surface area contributed by atoms with Gasteiger partial charge in [0, 0.05) is 43.0 Å². The second-order valence-corrected chi connectivity index (χ2v) is 11.1. The van der Waals surface area contributed by atoms with E-state index in [0.717, 1.165) is 19.3 Å². The van der Waals surface area contributed by atoms with E-state index in [1.54, 1.807) is 46.8 Å². The van der Waals surface area contributed by atoms with Crippen LogP contribution in [0, 0.1) is 5.82 Å². The smallest absolute Gasteiger partial charge is 0.319 e. The van der Waals surface area contributed by atoms with Crippen LogP contribution < -0.4 is 5.32 Å². The van der Waals surface area contributed by atoms with Crippen molar-refractivity contribution in [3.8, 4) is 0 Å². The summed E-state index contributed by atoms with van der Waals surface area (Å²) in [5.74, 6) is -1.28. The molecule has 4 aromatic rings. The number of imidazole rings is 1. The number of nitrogens with one attached hydrogen (secondary N) is 1. The summed E-state index contributed by atoms with van der Waals surface area (Å²) in [4.78, 5) is 45.6. The average Bonchev–Trinajstić information content (AvgIpc) is 3.57. The molecule has 0 unspecified atom stereocenters. The lowest BCUT2D eigenvalue weighted by Gasteiger charge is -2.52. The van der Waals surface area contributed by atoms with Crippen molar-refractivity contribution in [2.24, 2.45) is 0 Å². The van der Waals surface area contributed by atoms with Gasteiger partial charge in [0.25, 0.3) is 5.91 Å². The van der Waals surface area contributed by atoms with Gasteiger partial charge in [0.05, 0.1) is 54.4 Å². The van der Waals surface area contributed by atoms with E-state index in [-0.39, 0.29) is 18.5 Å². The van der Waals surface area contributed by atoms with Gasteiger partial charge in [-0.15, -0.1) is 0 Å². The normalized spacial score (nSPS) is 18.3. The highest BCUT2D eigenvalue weighted by Crippen LogP contribution is 2.42. The monoisotopic (exact) mass is 568 g/mol. The summed E-state index contributed by atoms with van der Waals surface area (Å²) < 4.78 is 18.5. The van der Waals surface area contributed by atoms with Crippen LogP contribution in [0.3, 0.4) is 0 Å². The number of pyridine rings is 1. The first-order chi connectivity index (χ1) is 20.5. The number of likely N-dealkylation sites (tertiary alicyclic amines) is 1. The maximum absolute atomic E-state index is 15.3. The molecule has 43 heavy (non-hydrogen) atoms. The molecule has 1 saturated heterocycles. The second kappa shape index (κ2) is 10.5. The fraction of sp³-hybridized carbons (Fsp3) is 0.310. The van der Waals surface area contributed by atoms with Crippen molar-refractivity contribution in [2.75, 3.05) is 13.1 Å². The Labute approximate surface area is 253 Å². The van der Waals surface area contributed by atoms with Crippen LogP contribution in [-0.4, -0.2) is 91.9 Å². The lowest BCUT2D eigenvalue weighted by molar-refractivity contribution is -0.121. The Morgan fingerprint density at radius 1 is 1.07 bits per heavy atom. The largest absolute Gasteiger partial charge is 0.358 e. The predicted molar refractivity (Wildman–Crippen MR) is 164 cm³/mol. The number of carbonyl (C=O) groups is 3. The summed E-state index contributed by atoms with van der Waals surface area (Å²) in [5, 5.41) is -1.62. The van der Waals surface area contributed by atoms with E-state index in [2.05, 4.69) is 10.3 Å². The summed E-state index contributed by atoms with van der Waals surface area (Å²) in [6.07, 6.45) is 7.75. The van der Waals surface area contributed by atoms with Gasteiger partial charge in [-0.1, -0.05) is 6.07 Å². The zero-order valence-corrected chi connectivity index (χ0v) is 23.6. The number of hydrogen-bond acceptors (Lipinski definition) is 4. The number of piperidine rings is 1. The zero-order chi connectivity index (χ0) is 30.7. The number of urea groups is 1. The maximum Gasteiger partial charge on any atom is 0.319 e. The van der Waals surface area contributed by atoms with Crippen molar-refractivity contribution in [3.05, 3.63) is 71.6 Å². The van der Waals surface area contributed by atoms with Gasteiger partial charge in [-0.25, -0.2) is 14.2 Å². The predicted octanol–water partition coefficient (Wildman–Crippen LogP) is 1.99. The third-order valence-electron chi connectivity index (χ3n) is 8.48. The van der Waals surface area contributed by atoms with Gasteiger partial charge in [-0.05, 0) is 72.3 Å². The van der Waals surface area contributed by atoms with Crippen LogP contribution >= 0.6 is 0 Å². The first-order valence-corrected chi connectivity index (χ1v) is 13.9. The maximum atomic E-state index is 15.3. The molecule has 1 aromatic carbocycles. The lowest BCUT2D eigenvalue weighted by Crippen LogP contribution is -2.68. The molecule has 0 spiro atoms. The van der Waals surface area contributed by atoms with Gasteiger partial charge in [-0.2, -0.15) is 0 Å². The molecule has 9 nitrogen and oxygen atoms in total. The molecule has 0 atom stereocenters. The van der Waals surface area contributed by atoms with Crippen LogP contribution in [0.25, 0.3) is 27.7 Å². The second-order valence-electron chi connectivity index (χ2n) is 11.1. The van der Waals surface area contributed by atoms with Crippen molar-refractivity contribution in [2.45, 2.75) is 43.4 Å². The first-order valence-electron chi connectivity index (χ1n) is 13.9. The minimum absolute atomic E-state index is 0.112. The van der Waals surface area contributed by atoms with Crippen molar-refractivity contribution < 1.29 is 18.8 Å². The SMILES string of the molecule is [B]C1([B])N(C(=O)N2CCCCC2)Cc2cc(F)cc3c(/C(C)=C(/C(=O)NC=O)c4cnc5ccccn45)cn(c23)C1([B])[B]. The summed E-state index contributed by atoms with van der Waals surface area (Å²) >= 11 is 0. The fourth-order valence-electron chi connectivity index (χ4n) is 6.17. The zero-order valence-electron chi connectivity index (χ0n) is 23.6. The van der Waals surface area contributed by atoms with Gasteiger partial charge >= 0.3 is 6.03 Å². The minimum atomic E-state index is -2.11. The quantitative estimate of drug-likeness (QED) is 0.232. The van der Waals surface area contributed by atoms with Crippen molar-refractivity contribution in [1.82, 2.24) is 29.1 Å². The number of carbonyl (C=O) groups excluding carboxylic acids is 3. The number of rotatable bonds is 4. The van der Waals surface area contributed by atoms with Gasteiger partial charge in [0.2, 0.25) is 6.41 Å². The number of fused-ring (bicyclic) bond motifs is 1. The standard InChI is InChI=1S/C29H25B4FN6O3/c1-17(24(26(42)36-16-41)22-13-35-23-7-3-6-10-38(22)23)21-15-39-25-18(11-19(34)12-20(21)25)14-40(29(32,33)28(39,30)31)27(43)37-8-4-2-5-9-37/h3,6-7,10-13,15-16H,2,4-5,8-9,14H2,1H3,(H,36,41,42)/b24-17+. The highest BCUT2D eigenvalue weighted by molar-refractivity contribution is 6.53. The molecule has 0 saturated carbocycles. The third kappa shape index (κ3) is 4.49. The van der Waals surface area contributed by atoms with Crippen LogP contribution in [-0.2, 0) is 21.5 Å². The first kappa shape index (κ1) is 28.9. The number of aromatic nitrogens is 3. The van der Waals surface area contributed by atoms with E-state index in [0.29, 0.717) is 52.0 Å². The summed E-state index contributed by atoms with van der Waals surface area (Å²) in [6, 6.07) is 7.50. The van der Waals surface area contributed by atoms with Crippen LogP contribution in [0.4, 0.5) is 9.18 Å². The van der Waals surface area contributed by atoms with Gasteiger partial charge in [-0.3, -0.25) is 19.3 Å². The summed E-state index contributed by atoms with van der Waals surface area (Å²) in [5.41, 5.74) is 2.64. The number of nitrogens with zero attached hydrogens (tertiary/aromatic N) is 5. The molecule has 4 amide bonds. The number of allylic oxidation sites excluding steroid dienone is 1. The van der Waals surface area contributed by atoms with Crippen LogP contribution in [0.5, 0.6) is 0 Å². The number of halogens is 1. The Bertz CT molecular complexity index is 1830. The highest BCUT2D eigenvalue weighted by atomic mass is 19.1. The molecule has 2 aliphatic rings. The van der Waals surface area contributed by atoms with E-state index < -0.39 is 28.4 Å². The van der Waals surface area contributed by atoms with Crippen LogP contribution in [0.2, 0.25) is 0 Å². The molecule has 1 fully saturated rings. The van der Waals surface area contributed by atoms with Gasteiger partial charge in [0.15, 0.2) is 0 Å². The van der Waals surface area contributed by atoms with E-state index in [4.69, 9.17) is 31.4 Å². The molecule has 5 heterocycles. The van der Waals surface area contributed by atoms with Crippen LogP contribution in [0.1, 0.15) is 43.0 Å². The molecule has 6 rings (SSSR count). The molecular formula is C29H25B4FN6O3. The number of imide groups is 1. The molecule has 8 radical (unpaired) electrons. The Balaban J connectivity index is 1.59. The van der Waals surface area contributed by atoms with E-state index in [1.165, 1.54) is 27.8 Å². The molecular weight excluding hydrogens is 543 g/mol. The van der Waals surface area contributed by atoms with Crippen LogP contribution in [0.15, 0.2) is 48.9 Å². The van der Waals surface area contributed by atoms with E-state index in [1.807, 2.05) is 0 Å². The Hall–Kier alpha value is -4.21. The van der Waals surface area contributed by atoms with Crippen molar-refractivity contribution >= 4 is 77.4 Å². The molecule has 1 N–H and O–H groups in total. The Morgan fingerprint density at radius 2 is 1.81 bits per heavy atom. The van der Waals surface area contributed by atoms with E-state index in [9.17, 15) is 14.4 Å². The van der Waals surface area contributed by atoms with Crippen molar-refractivity contribution in [3.63, 3.8) is 0 Å². The summed E-state index contributed by atoms with van der Waals surface area (Å²) in [6.45, 7) is 2.56. The average molecular weight is 568 g/mol. The van der Waals surface area contributed by atoms with E-state index >= 15 is 4.39 Å². The number of benzene rings is 1. The topological polar surface area (TPSA) is 91.9 Å². The number of hydrogen-bond donors (Lipinski definition) is 1. The molecule has 14 heteroatoms. The molecule has 0 bridgehead atoms. The Kier molecular flexibility index (Phi) is 7.05. The lowest BCUT2D eigenvalue weighted by atomic mass is 9.37. The molecule has 2 aliphatic heterocycles.